The fourth-order valence-electron chi connectivity index (χ4n) is 1.41. The Morgan fingerprint density at radius 2 is 2.12 bits per heavy atom. The van der Waals surface area contributed by atoms with E-state index in [0.29, 0.717) is 0 Å². The maximum absolute atomic E-state index is 13.5. The lowest BCUT2D eigenvalue weighted by molar-refractivity contribution is 0.0989. The van der Waals surface area contributed by atoms with Crippen LogP contribution < -0.4 is 5.73 Å². The summed E-state index contributed by atoms with van der Waals surface area (Å²) in [7, 11) is 0. The van der Waals surface area contributed by atoms with Gasteiger partial charge in [0.15, 0.2) is 11.5 Å². The molecule has 4 nitrogen and oxygen atoms in total. The molecule has 1 heterocycles. The number of nitrogens with zero attached hydrogens (tertiary/aromatic N) is 1. The number of rotatable bonds is 2. The van der Waals surface area contributed by atoms with Gasteiger partial charge in [-0.15, -0.1) is 0 Å². The minimum atomic E-state index is -0.474. The predicted octanol–water partition coefficient (Wildman–Crippen LogP) is 2.27. The van der Waals surface area contributed by atoms with Crippen molar-refractivity contribution in [1.29, 1.82) is 0 Å². The maximum atomic E-state index is 13.5. The number of hydrogen-bond donors (Lipinski definition) is 1. The molecule has 1 aromatic heterocycles. The molecule has 5 heteroatoms. The van der Waals surface area contributed by atoms with Gasteiger partial charge in [-0.2, -0.15) is 4.98 Å². The van der Waals surface area contributed by atoms with E-state index in [4.69, 9.17) is 10.2 Å². The Hall–Kier alpha value is -2.17. The molecule has 0 saturated carbocycles. The van der Waals surface area contributed by atoms with Crippen molar-refractivity contribution in [1.82, 2.24) is 4.98 Å². The van der Waals surface area contributed by atoms with Gasteiger partial charge in [-0.05, 0) is 12.1 Å². The highest BCUT2D eigenvalue weighted by Crippen LogP contribution is 2.27. The van der Waals surface area contributed by atoms with Crippen LogP contribution in [0.1, 0.15) is 17.5 Å². The minimum Gasteiger partial charge on any atom is -0.420 e. The highest BCUT2D eigenvalue weighted by Gasteiger charge is 2.19. The Morgan fingerprint density at radius 3 is 2.75 bits per heavy atom. The maximum Gasteiger partial charge on any atom is 0.293 e. The van der Waals surface area contributed by atoms with Crippen molar-refractivity contribution >= 4 is 11.8 Å². The second-order valence-corrected chi connectivity index (χ2v) is 3.27. The summed E-state index contributed by atoms with van der Waals surface area (Å²) < 4.78 is 18.4. The first kappa shape index (κ1) is 10.4. The van der Waals surface area contributed by atoms with Crippen molar-refractivity contribution in [3.63, 3.8) is 0 Å². The fourth-order valence-corrected chi connectivity index (χ4v) is 1.41. The number of anilines is 1. The summed E-state index contributed by atoms with van der Waals surface area (Å²) in [5.41, 5.74) is 5.70. The second-order valence-electron chi connectivity index (χ2n) is 3.27. The van der Waals surface area contributed by atoms with Gasteiger partial charge in [0.2, 0.25) is 0 Å². The molecule has 2 N–H and O–H groups in total. The molecule has 0 unspecified atom stereocenters. The minimum absolute atomic E-state index is 0.0254. The lowest BCUT2D eigenvalue weighted by Crippen LogP contribution is -1.94. The summed E-state index contributed by atoms with van der Waals surface area (Å²) in [6.07, 6.45) is 0. The summed E-state index contributed by atoms with van der Waals surface area (Å²) in [5, 5.41) is 0. The van der Waals surface area contributed by atoms with E-state index >= 15 is 0 Å². The molecule has 2 rings (SSSR count). The van der Waals surface area contributed by atoms with E-state index in [2.05, 4.69) is 4.98 Å². The zero-order valence-corrected chi connectivity index (χ0v) is 8.53. The molecule has 0 aliphatic rings. The normalized spacial score (nSPS) is 10.4. The molecule has 0 fully saturated rings. The van der Waals surface area contributed by atoms with Gasteiger partial charge in [0.1, 0.15) is 11.5 Å². The number of halogens is 1. The molecular weight excluding hydrogens is 211 g/mol. The molecule has 0 aliphatic heterocycles. The number of oxazole rings is 1. The molecule has 0 bridgehead atoms. The molecule has 0 amide bonds. The third-order valence-corrected chi connectivity index (χ3v) is 2.09. The van der Waals surface area contributed by atoms with Crippen LogP contribution in [0.5, 0.6) is 0 Å². The van der Waals surface area contributed by atoms with Gasteiger partial charge in [0.05, 0.1) is 0 Å². The van der Waals surface area contributed by atoms with Crippen LogP contribution in [0.3, 0.4) is 0 Å². The van der Waals surface area contributed by atoms with E-state index in [9.17, 15) is 9.18 Å². The van der Waals surface area contributed by atoms with Crippen LogP contribution in [0, 0.1) is 5.82 Å². The number of benzene rings is 1. The van der Waals surface area contributed by atoms with Gasteiger partial charge in [0.25, 0.3) is 6.01 Å². The van der Waals surface area contributed by atoms with Gasteiger partial charge in [-0.1, -0.05) is 12.1 Å². The van der Waals surface area contributed by atoms with Crippen molar-refractivity contribution in [2.75, 3.05) is 5.73 Å². The number of nitrogen functional groups attached to an aromatic ring is 1. The monoisotopic (exact) mass is 220 g/mol. The smallest absolute Gasteiger partial charge is 0.293 e. The molecule has 16 heavy (non-hydrogen) atoms. The second kappa shape index (κ2) is 3.77. The van der Waals surface area contributed by atoms with E-state index in [1.165, 1.54) is 19.1 Å². The standard InChI is InChI=1S/C11H9FN2O2/c1-6(15)10-9(14-11(13)16-10)7-4-2-3-5-8(7)12/h2-5H,1H3,(H2,13,14). The van der Waals surface area contributed by atoms with Crippen molar-refractivity contribution < 1.29 is 13.6 Å². The number of ketones is 1. The summed E-state index contributed by atoms with van der Waals surface area (Å²) in [5.74, 6) is -0.844. The summed E-state index contributed by atoms with van der Waals surface area (Å²) in [6, 6.07) is 5.84. The van der Waals surface area contributed by atoms with Crippen LogP contribution in [0.15, 0.2) is 28.7 Å². The number of carbonyl (C=O) groups excluding carboxylic acids is 1. The van der Waals surface area contributed by atoms with E-state index in [1.807, 2.05) is 0 Å². The lowest BCUT2D eigenvalue weighted by Gasteiger charge is -1.99. The molecule has 0 spiro atoms. The molecule has 0 radical (unpaired) electrons. The Balaban J connectivity index is 2.64. The molecule has 0 aliphatic carbocycles. The van der Waals surface area contributed by atoms with Gasteiger partial charge >= 0.3 is 0 Å². The van der Waals surface area contributed by atoms with E-state index in [-0.39, 0.29) is 28.8 Å². The number of Topliss-reactive ketones (excluding diaryl/α,β-unsaturated/α-hetero) is 1. The highest BCUT2D eigenvalue weighted by atomic mass is 19.1. The van der Waals surface area contributed by atoms with Crippen molar-refractivity contribution in [2.45, 2.75) is 6.92 Å². The van der Waals surface area contributed by atoms with Crippen LogP contribution in [-0.2, 0) is 0 Å². The Kier molecular flexibility index (Phi) is 2.44. The van der Waals surface area contributed by atoms with Gasteiger partial charge in [-0.25, -0.2) is 4.39 Å². The van der Waals surface area contributed by atoms with Gasteiger partial charge < -0.3 is 10.2 Å². The van der Waals surface area contributed by atoms with Crippen LogP contribution in [-0.4, -0.2) is 10.8 Å². The topological polar surface area (TPSA) is 69.1 Å². The number of hydrogen-bond acceptors (Lipinski definition) is 4. The summed E-state index contributed by atoms with van der Waals surface area (Å²) in [4.78, 5) is 15.1. The third kappa shape index (κ3) is 1.67. The van der Waals surface area contributed by atoms with Gasteiger partial charge in [-0.3, -0.25) is 4.79 Å². The fraction of sp³-hybridized carbons (Fsp3) is 0.0909. The molecular formula is C11H9FN2O2. The molecule has 2 aromatic rings. The van der Waals surface area contributed by atoms with Crippen LogP contribution >= 0.6 is 0 Å². The zero-order chi connectivity index (χ0) is 11.7. The molecule has 0 atom stereocenters. The first-order chi connectivity index (χ1) is 7.59. The van der Waals surface area contributed by atoms with Crippen molar-refractivity contribution in [3.8, 4) is 11.3 Å². The Bertz CT molecular complexity index is 549. The zero-order valence-electron chi connectivity index (χ0n) is 8.53. The summed E-state index contributed by atoms with van der Waals surface area (Å²) in [6.45, 7) is 1.31. The number of carbonyl (C=O) groups is 1. The highest BCUT2D eigenvalue weighted by molar-refractivity contribution is 5.97. The molecule has 82 valence electrons. The lowest BCUT2D eigenvalue weighted by atomic mass is 10.1. The quantitative estimate of drug-likeness (QED) is 0.788. The van der Waals surface area contributed by atoms with Crippen molar-refractivity contribution in [3.05, 3.63) is 35.8 Å². The largest absolute Gasteiger partial charge is 0.420 e. The predicted molar refractivity (Wildman–Crippen MR) is 56.3 cm³/mol. The first-order valence-corrected chi connectivity index (χ1v) is 4.61. The average Bonchev–Trinajstić information content (AvgIpc) is 2.61. The van der Waals surface area contributed by atoms with E-state index in [0.717, 1.165) is 0 Å². The van der Waals surface area contributed by atoms with E-state index < -0.39 is 5.82 Å². The first-order valence-electron chi connectivity index (χ1n) is 4.61. The average molecular weight is 220 g/mol. The Labute approximate surface area is 90.9 Å². The van der Waals surface area contributed by atoms with Crippen LogP contribution in [0.2, 0.25) is 0 Å². The molecule has 0 saturated heterocycles. The SMILES string of the molecule is CC(=O)c1oc(N)nc1-c1ccccc1F. The van der Waals surface area contributed by atoms with E-state index in [1.54, 1.807) is 12.1 Å². The van der Waals surface area contributed by atoms with Crippen molar-refractivity contribution in [2.24, 2.45) is 0 Å². The summed E-state index contributed by atoms with van der Waals surface area (Å²) >= 11 is 0. The Morgan fingerprint density at radius 1 is 1.44 bits per heavy atom. The number of aromatic nitrogens is 1. The van der Waals surface area contributed by atoms with Crippen LogP contribution in [0.25, 0.3) is 11.3 Å². The molecule has 1 aromatic carbocycles. The van der Waals surface area contributed by atoms with Crippen LogP contribution in [0.4, 0.5) is 10.4 Å². The van der Waals surface area contributed by atoms with Gasteiger partial charge in [0, 0.05) is 12.5 Å². The third-order valence-electron chi connectivity index (χ3n) is 2.09. The number of nitrogens with two attached hydrogens (primary N) is 1.